The van der Waals surface area contributed by atoms with Crippen LogP contribution in [0.3, 0.4) is 0 Å². The normalized spacial score (nSPS) is 20.2. The number of ether oxygens (including phenoxy) is 1. The molecule has 1 saturated heterocycles. The van der Waals surface area contributed by atoms with Gasteiger partial charge in [-0.15, -0.1) is 10.2 Å². The fraction of sp³-hybridized carbons (Fsp3) is 0.316. The number of anilines is 1. The molecule has 3 aromatic rings. The number of nitrogens with zero attached hydrogens (tertiary/aromatic N) is 3. The highest BCUT2D eigenvalue weighted by Gasteiger charge is 2.28. The molecule has 7 heteroatoms. The van der Waals surface area contributed by atoms with Gasteiger partial charge >= 0.3 is 0 Å². The molecule has 7 nitrogen and oxygen atoms in total. The zero-order valence-corrected chi connectivity index (χ0v) is 14.6. The van der Waals surface area contributed by atoms with Crippen molar-refractivity contribution >= 4 is 17.2 Å². The van der Waals surface area contributed by atoms with Gasteiger partial charge in [0.15, 0.2) is 5.65 Å². The Morgan fingerprint density at radius 2 is 2.12 bits per heavy atom. The number of carbonyl (C=O) groups excluding carboxylic acids is 1. The summed E-state index contributed by atoms with van der Waals surface area (Å²) in [5, 5.41) is 14.6. The van der Waals surface area contributed by atoms with Crippen LogP contribution in [0.15, 0.2) is 48.7 Å². The molecule has 1 aliphatic heterocycles. The summed E-state index contributed by atoms with van der Waals surface area (Å²) < 4.78 is 7.50. The standard InChI is InChI=1S/C19H21N5O2/c1-13-18(20-9-11-26-13)19(25)21-15-7-5-14(6-8-15)12-17-23-22-16-4-2-3-10-24(16)17/h2-8,10,13,18,20H,9,11-12H2,1H3,(H,21,25)/t13-,18+/m1/s1. The van der Waals surface area contributed by atoms with Crippen LogP contribution in [0.4, 0.5) is 5.69 Å². The predicted octanol–water partition coefficient (Wildman–Crippen LogP) is 1.64. The lowest BCUT2D eigenvalue weighted by molar-refractivity contribution is -0.123. The van der Waals surface area contributed by atoms with E-state index >= 15 is 0 Å². The van der Waals surface area contributed by atoms with Gasteiger partial charge in [0.25, 0.3) is 0 Å². The second-order valence-electron chi connectivity index (χ2n) is 6.42. The van der Waals surface area contributed by atoms with E-state index in [2.05, 4.69) is 20.8 Å². The molecule has 0 bridgehead atoms. The van der Waals surface area contributed by atoms with Crippen LogP contribution in [0, 0.1) is 0 Å². The quantitative estimate of drug-likeness (QED) is 0.747. The summed E-state index contributed by atoms with van der Waals surface area (Å²) in [6.07, 6.45) is 2.50. The molecule has 1 fully saturated rings. The van der Waals surface area contributed by atoms with Crippen molar-refractivity contribution in [3.8, 4) is 0 Å². The summed E-state index contributed by atoms with van der Waals surface area (Å²) in [6.45, 7) is 3.23. The van der Waals surface area contributed by atoms with Gasteiger partial charge in [0.1, 0.15) is 11.9 Å². The van der Waals surface area contributed by atoms with Gasteiger partial charge in [-0.05, 0) is 36.8 Å². The maximum absolute atomic E-state index is 12.4. The highest BCUT2D eigenvalue weighted by atomic mass is 16.5. The summed E-state index contributed by atoms with van der Waals surface area (Å²) in [7, 11) is 0. The van der Waals surface area contributed by atoms with Crippen LogP contribution in [-0.4, -0.2) is 45.8 Å². The molecule has 2 N–H and O–H groups in total. The number of carbonyl (C=O) groups is 1. The van der Waals surface area contributed by atoms with E-state index in [0.29, 0.717) is 19.6 Å². The lowest BCUT2D eigenvalue weighted by Crippen LogP contribution is -2.53. The van der Waals surface area contributed by atoms with Crippen molar-refractivity contribution < 1.29 is 9.53 Å². The van der Waals surface area contributed by atoms with Crippen LogP contribution in [0.2, 0.25) is 0 Å². The van der Waals surface area contributed by atoms with Crippen LogP contribution in [0.5, 0.6) is 0 Å². The number of rotatable bonds is 4. The van der Waals surface area contributed by atoms with Gasteiger partial charge in [0, 0.05) is 24.8 Å². The molecule has 4 rings (SSSR count). The summed E-state index contributed by atoms with van der Waals surface area (Å²) in [5.41, 5.74) is 2.71. The van der Waals surface area contributed by atoms with Crippen LogP contribution >= 0.6 is 0 Å². The van der Waals surface area contributed by atoms with Gasteiger partial charge in [0.2, 0.25) is 5.91 Å². The Balaban J connectivity index is 1.42. The first kappa shape index (κ1) is 16.7. The van der Waals surface area contributed by atoms with Crippen molar-refractivity contribution in [1.29, 1.82) is 0 Å². The third-order valence-electron chi connectivity index (χ3n) is 4.57. The maximum atomic E-state index is 12.4. The fourth-order valence-corrected chi connectivity index (χ4v) is 3.15. The van der Waals surface area contributed by atoms with Gasteiger partial charge in [-0.3, -0.25) is 9.20 Å². The Kier molecular flexibility index (Phi) is 4.64. The molecule has 0 saturated carbocycles. The van der Waals surface area contributed by atoms with Crippen molar-refractivity contribution in [2.45, 2.75) is 25.5 Å². The Bertz CT molecular complexity index is 906. The van der Waals surface area contributed by atoms with Crippen molar-refractivity contribution in [2.24, 2.45) is 0 Å². The number of benzene rings is 1. The molecule has 1 amide bonds. The van der Waals surface area contributed by atoms with Crippen LogP contribution in [-0.2, 0) is 16.0 Å². The number of amides is 1. The molecule has 2 atom stereocenters. The minimum absolute atomic E-state index is 0.0756. The summed E-state index contributed by atoms with van der Waals surface area (Å²) in [6, 6.07) is 13.3. The summed E-state index contributed by atoms with van der Waals surface area (Å²) >= 11 is 0. The van der Waals surface area contributed by atoms with Gasteiger partial charge in [-0.1, -0.05) is 18.2 Å². The molecule has 1 aliphatic rings. The SMILES string of the molecule is C[C@H]1OCCN[C@@H]1C(=O)Nc1ccc(Cc2nnc3ccccn23)cc1. The Morgan fingerprint density at radius 3 is 2.92 bits per heavy atom. The molecular weight excluding hydrogens is 330 g/mol. The summed E-state index contributed by atoms with van der Waals surface area (Å²) in [5.74, 6) is 0.808. The minimum Gasteiger partial charge on any atom is -0.375 e. The van der Waals surface area contributed by atoms with Gasteiger partial charge < -0.3 is 15.4 Å². The number of aromatic nitrogens is 3. The zero-order chi connectivity index (χ0) is 17.9. The van der Waals surface area contributed by atoms with Crippen molar-refractivity contribution in [3.05, 3.63) is 60.0 Å². The second kappa shape index (κ2) is 7.23. The van der Waals surface area contributed by atoms with E-state index in [4.69, 9.17) is 4.74 Å². The van der Waals surface area contributed by atoms with Gasteiger partial charge in [0.05, 0.1) is 12.7 Å². The van der Waals surface area contributed by atoms with Crippen molar-refractivity contribution in [1.82, 2.24) is 19.9 Å². The van der Waals surface area contributed by atoms with Crippen LogP contribution < -0.4 is 10.6 Å². The lowest BCUT2D eigenvalue weighted by Gasteiger charge is -2.29. The molecule has 2 aromatic heterocycles. The first-order valence-electron chi connectivity index (χ1n) is 8.74. The number of fused-ring (bicyclic) bond motifs is 1. The highest BCUT2D eigenvalue weighted by Crippen LogP contribution is 2.15. The Hall–Kier alpha value is -2.77. The zero-order valence-electron chi connectivity index (χ0n) is 14.6. The molecule has 134 valence electrons. The molecular formula is C19H21N5O2. The molecule has 0 radical (unpaired) electrons. The van der Waals surface area contributed by atoms with Crippen molar-refractivity contribution in [2.75, 3.05) is 18.5 Å². The van der Waals surface area contributed by atoms with E-state index in [1.165, 1.54) is 0 Å². The average molecular weight is 351 g/mol. The predicted molar refractivity (Wildman–Crippen MR) is 98.1 cm³/mol. The average Bonchev–Trinajstić information content (AvgIpc) is 3.07. The highest BCUT2D eigenvalue weighted by molar-refractivity contribution is 5.95. The monoisotopic (exact) mass is 351 g/mol. The second-order valence-corrected chi connectivity index (χ2v) is 6.42. The van der Waals surface area contributed by atoms with E-state index in [1.807, 2.05) is 60.0 Å². The number of morpholine rings is 1. The van der Waals surface area contributed by atoms with E-state index in [9.17, 15) is 4.79 Å². The molecule has 26 heavy (non-hydrogen) atoms. The smallest absolute Gasteiger partial charge is 0.244 e. The Labute approximate surface area is 151 Å². The van der Waals surface area contributed by atoms with E-state index in [1.54, 1.807) is 0 Å². The lowest BCUT2D eigenvalue weighted by atomic mass is 10.1. The van der Waals surface area contributed by atoms with Crippen LogP contribution in [0.25, 0.3) is 5.65 Å². The van der Waals surface area contributed by atoms with Gasteiger partial charge in [-0.25, -0.2) is 0 Å². The maximum Gasteiger partial charge on any atom is 0.244 e. The molecule has 0 unspecified atom stereocenters. The van der Waals surface area contributed by atoms with E-state index < -0.39 is 0 Å². The van der Waals surface area contributed by atoms with E-state index in [-0.39, 0.29) is 18.1 Å². The number of pyridine rings is 1. The minimum atomic E-state index is -0.328. The number of hydrogen-bond donors (Lipinski definition) is 2. The first-order chi connectivity index (χ1) is 12.7. The number of hydrogen-bond acceptors (Lipinski definition) is 5. The van der Waals surface area contributed by atoms with E-state index in [0.717, 1.165) is 22.7 Å². The fourth-order valence-electron chi connectivity index (χ4n) is 3.15. The van der Waals surface area contributed by atoms with Crippen molar-refractivity contribution in [3.63, 3.8) is 0 Å². The topological polar surface area (TPSA) is 80.5 Å². The third-order valence-corrected chi connectivity index (χ3v) is 4.57. The summed E-state index contributed by atoms with van der Waals surface area (Å²) in [4.78, 5) is 12.4. The molecule has 0 aliphatic carbocycles. The largest absolute Gasteiger partial charge is 0.375 e. The molecule has 1 aromatic carbocycles. The van der Waals surface area contributed by atoms with Crippen LogP contribution in [0.1, 0.15) is 18.3 Å². The number of nitrogens with one attached hydrogen (secondary N) is 2. The first-order valence-corrected chi connectivity index (χ1v) is 8.74. The Morgan fingerprint density at radius 1 is 1.27 bits per heavy atom. The molecule has 0 spiro atoms. The van der Waals surface area contributed by atoms with Gasteiger partial charge in [-0.2, -0.15) is 0 Å². The molecule has 3 heterocycles. The third kappa shape index (κ3) is 3.44.